The second kappa shape index (κ2) is 6.44. The molecule has 0 aromatic carbocycles. The molecule has 106 valence electrons. The molecule has 0 spiro atoms. The molecule has 2 rings (SSSR count). The van der Waals surface area contributed by atoms with Crippen LogP contribution >= 0.6 is 11.3 Å². The van der Waals surface area contributed by atoms with Crippen LogP contribution in [0.1, 0.15) is 24.6 Å². The minimum Gasteiger partial charge on any atom is -0.465 e. The van der Waals surface area contributed by atoms with Gasteiger partial charge in [0, 0.05) is 0 Å². The Morgan fingerprint density at radius 2 is 2.25 bits per heavy atom. The molecule has 0 aliphatic carbocycles. The summed E-state index contributed by atoms with van der Waals surface area (Å²) in [6.07, 6.45) is 5.15. The molecule has 0 aliphatic rings. The number of amides is 1. The van der Waals surface area contributed by atoms with Gasteiger partial charge in [0.25, 0.3) is 0 Å². The Morgan fingerprint density at radius 1 is 1.45 bits per heavy atom. The van der Waals surface area contributed by atoms with Gasteiger partial charge in [-0.3, -0.25) is 10.1 Å². The highest BCUT2D eigenvalue weighted by Crippen LogP contribution is 2.18. The Bertz CT molecular complexity index is 589. The molecule has 3 N–H and O–H groups in total. The molecule has 2 aromatic rings. The van der Waals surface area contributed by atoms with Crippen LogP contribution in [0.15, 0.2) is 22.8 Å². The van der Waals surface area contributed by atoms with Crippen LogP contribution in [0.25, 0.3) is 12.2 Å². The lowest BCUT2D eigenvalue weighted by Crippen LogP contribution is -2.39. The number of nitrogens with one attached hydrogen (secondary N) is 1. The van der Waals surface area contributed by atoms with E-state index in [9.17, 15) is 4.79 Å². The van der Waals surface area contributed by atoms with Crippen LogP contribution in [0.3, 0.4) is 0 Å². The SMILES string of the molecule is CC(C)[C@H](N)C(=O)Nc1nnc(/C=C/c2ccco2)s1. The number of aromatic nitrogens is 2. The molecule has 20 heavy (non-hydrogen) atoms. The summed E-state index contributed by atoms with van der Waals surface area (Å²) in [6, 6.07) is 3.08. The normalized spacial score (nSPS) is 13.0. The van der Waals surface area contributed by atoms with E-state index in [1.807, 2.05) is 19.9 Å². The summed E-state index contributed by atoms with van der Waals surface area (Å²) >= 11 is 1.27. The van der Waals surface area contributed by atoms with Crippen molar-refractivity contribution in [2.45, 2.75) is 19.9 Å². The van der Waals surface area contributed by atoms with Crippen LogP contribution < -0.4 is 11.1 Å². The third kappa shape index (κ3) is 3.75. The van der Waals surface area contributed by atoms with E-state index >= 15 is 0 Å². The van der Waals surface area contributed by atoms with Crippen LogP contribution in [-0.2, 0) is 4.79 Å². The number of anilines is 1. The molecule has 2 aromatic heterocycles. The van der Waals surface area contributed by atoms with Crippen molar-refractivity contribution < 1.29 is 9.21 Å². The Kier molecular flexibility index (Phi) is 4.65. The van der Waals surface area contributed by atoms with E-state index in [0.717, 1.165) is 5.76 Å². The molecule has 1 atom stereocenters. The van der Waals surface area contributed by atoms with E-state index < -0.39 is 6.04 Å². The highest BCUT2D eigenvalue weighted by Gasteiger charge is 2.18. The first-order valence-electron chi connectivity index (χ1n) is 6.18. The number of carbonyl (C=O) groups excluding carboxylic acids is 1. The maximum atomic E-state index is 11.8. The van der Waals surface area contributed by atoms with Gasteiger partial charge in [0.15, 0.2) is 0 Å². The van der Waals surface area contributed by atoms with Gasteiger partial charge < -0.3 is 10.2 Å². The number of hydrogen-bond acceptors (Lipinski definition) is 6. The molecule has 7 heteroatoms. The summed E-state index contributed by atoms with van der Waals surface area (Å²) in [7, 11) is 0. The molecule has 6 nitrogen and oxygen atoms in total. The van der Waals surface area contributed by atoms with Crippen molar-refractivity contribution in [3.05, 3.63) is 29.2 Å². The molecule has 1 amide bonds. The Balaban J connectivity index is 1.97. The zero-order valence-corrected chi connectivity index (χ0v) is 12.1. The molecule has 2 heterocycles. The highest BCUT2D eigenvalue weighted by molar-refractivity contribution is 7.16. The quantitative estimate of drug-likeness (QED) is 0.881. The van der Waals surface area contributed by atoms with Crippen LogP contribution in [-0.4, -0.2) is 22.1 Å². The Morgan fingerprint density at radius 3 is 2.90 bits per heavy atom. The molecule has 0 radical (unpaired) electrons. The van der Waals surface area contributed by atoms with E-state index in [2.05, 4.69) is 15.5 Å². The molecule has 0 unspecified atom stereocenters. The van der Waals surface area contributed by atoms with Crippen LogP contribution in [0.2, 0.25) is 0 Å². The zero-order chi connectivity index (χ0) is 14.5. The number of rotatable bonds is 5. The molecule has 0 bridgehead atoms. The zero-order valence-electron chi connectivity index (χ0n) is 11.2. The second-order valence-corrected chi connectivity index (χ2v) is 5.56. The van der Waals surface area contributed by atoms with Crippen LogP contribution in [0, 0.1) is 5.92 Å². The molecule has 0 saturated heterocycles. The van der Waals surface area contributed by atoms with Gasteiger partial charge in [0.2, 0.25) is 11.0 Å². The average molecular weight is 292 g/mol. The van der Waals surface area contributed by atoms with Crippen LogP contribution in [0.4, 0.5) is 5.13 Å². The maximum Gasteiger partial charge on any atom is 0.243 e. The number of carbonyl (C=O) groups is 1. The van der Waals surface area contributed by atoms with E-state index in [4.69, 9.17) is 10.2 Å². The summed E-state index contributed by atoms with van der Waals surface area (Å²) in [4.78, 5) is 11.8. The summed E-state index contributed by atoms with van der Waals surface area (Å²) < 4.78 is 5.17. The molecule has 0 aliphatic heterocycles. The summed E-state index contributed by atoms with van der Waals surface area (Å²) in [6.45, 7) is 3.78. The van der Waals surface area contributed by atoms with E-state index in [-0.39, 0.29) is 11.8 Å². The molecular weight excluding hydrogens is 276 g/mol. The summed E-state index contributed by atoms with van der Waals surface area (Å²) in [5, 5.41) is 11.6. The van der Waals surface area contributed by atoms with Crippen molar-refractivity contribution >= 4 is 34.5 Å². The minimum absolute atomic E-state index is 0.0706. The number of furan rings is 1. The van der Waals surface area contributed by atoms with Crippen LogP contribution in [0.5, 0.6) is 0 Å². The van der Waals surface area contributed by atoms with Gasteiger partial charge in [-0.05, 0) is 30.2 Å². The lowest BCUT2D eigenvalue weighted by molar-refractivity contribution is -0.118. The minimum atomic E-state index is -0.555. The van der Waals surface area contributed by atoms with Gasteiger partial charge >= 0.3 is 0 Å². The average Bonchev–Trinajstić information content (AvgIpc) is 3.06. The van der Waals surface area contributed by atoms with Gasteiger partial charge in [-0.1, -0.05) is 25.2 Å². The topological polar surface area (TPSA) is 94.0 Å². The molecular formula is C13H16N4O2S. The first-order chi connectivity index (χ1) is 9.56. The van der Waals surface area contributed by atoms with Gasteiger partial charge in [-0.2, -0.15) is 0 Å². The fourth-order valence-corrected chi connectivity index (χ4v) is 2.03. The van der Waals surface area contributed by atoms with E-state index in [1.54, 1.807) is 24.5 Å². The second-order valence-electron chi connectivity index (χ2n) is 4.55. The fourth-order valence-electron chi connectivity index (χ4n) is 1.38. The third-order valence-corrected chi connectivity index (χ3v) is 3.43. The predicted octanol–water partition coefficient (Wildman–Crippen LogP) is 2.22. The van der Waals surface area contributed by atoms with Gasteiger partial charge in [0.1, 0.15) is 10.8 Å². The Hall–Kier alpha value is -1.99. The van der Waals surface area contributed by atoms with Gasteiger partial charge in [-0.15, -0.1) is 10.2 Å². The third-order valence-electron chi connectivity index (χ3n) is 2.63. The summed E-state index contributed by atoms with van der Waals surface area (Å²) in [5.74, 6) is 0.548. The number of nitrogens with zero attached hydrogens (tertiary/aromatic N) is 2. The van der Waals surface area contributed by atoms with Gasteiger partial charge in [0.05, 0.1) is 12.3 Å². The van der Waals surface area contributed by atoms with Crippen molar-refractivity contribution in [2.24, 2.45) is 11.7 Å². The standard InChI is InChI=1S/C13H16N4O2S/c1-8(2)11(14)12(18)15-13-17-16-10(20-13)6-5-9-4-3-7-19-9/h3-8,11H,14H2,1-2H3,(H,15,17,18)/b6-5+/t11-/m0/s1. The first kappa shape index (κ1) is 14.4. The first-order valence-corrected chi connectivity index (χ1v) is 6.99. The summed E-state index contributed by atoms with van der Waals surface area (Å²) in [5.41, 5.74) is 5.76. The maximum absolute atomic E-state index is 11.8. The van der Waals surface area contributed by atoms with E-state index in [1.165, 1.54) is 11.3 Å². The largest absolute Gasteiger partial charge is 0.465 e. The van der Waals surface area contributed by atoms with Gasteiger partial charge in [-0.25, -0.2) is 0 Å². The van der Waals surface area contributed by atoms with Crippen molar-refractivity contribution in [1.82, 2.24) is 10.2 Å². The van der Waals surface area contributed by atoms with Crippen molar-refractivity contribution in [1.29, 1.82) is 0 Å². The number of nitrogens with two attached hydrogens (primary N) is 1. The van der Waals surface area contributed by atoms with Crippen molar-refractivity contribution in [2.75, 3.05) is 5.32 Å². The van der Waals surface area contributed by atoms with Crippen molar-refractivity contribution in [3.8, 4) is 0 Å². The smallest absolute Gasteiger partial charge is 0.243 e. The fraction of sp³-hybridized carbons (Fsp3) is 0.308. The molecule has 0 fully saturated rings. The monoisotopic (exact) mass is 292 g/mol. The number of hydrogen-bond donors (Lipinski definition) is 2. The van der Waals surface area contributed by atoms with Crippen molar-refractivity contribution in [3.63, 3.8) is 0 Å². The van der Waals surface area contributed by atoms with E-state index in [0.29, 0.717) is 10.1 Å². The molecule has 0 saturated carbocycles. The lowest BCUT2D eigenvalue weighted by Gasteiger charge is -2.13. The lowest BCUT2D eigenvalue weighted by atomic mass is 10.1. The Labute approximate surface area is 120 Å². The predicted molar refractivity (Wildman–Crippen MR) is 79.0 cm³/mol. The highest BCUT2D eigenvalue weighted by atomic mass is 32.1.